The number of nitrogen functional groups attached to an aromatic ring is 1. The molecule has 1 heterocycles. The topological polar surface area (TPSA) is 51.4 Å². The molecule has 0 aromatic carbocycles. The van der Waals surface area contributed by atoms with Crippen molar-refractivity contribution >= 4 is 11.5 Å². The minimum atomic E-state index is 0.445. The predicted octanol–water partition coefficient (Wildman–Crippen LogP) is 2.22. The number of rotatable bonds is 6. The monoisotopic (exact) mass is 237 g/mol. The van der Waals surface area contributed by atoms with Crippen LogP contribution in [-0.4, -0.2) is 31.3 Å². The lowest BCUT2D eigenvalue weighted by molar-refractivity contribution is 0.203. The third kappa shape index (κ3) is 3.60. The smallest absolute Gasteiger partial charge is 0.129 e. The predicted molar refractivity (Wildman–Crippen MR) is 72.4 cm³/mol. The van der Waals surface area contributed by atoms with Gasteiger partial charge in [0.25, 0.3) is 0 Å². The van der Waals surface area contributed by atoms with Crippen LogP contribution in [0.15, 0.2) is 12.3 Å². The summed E-state index contributed by atoms with van der Waals surface area (Å²) in [7, 11) is 1.72. The van der Waals surface area contributed by atoms with Gasteiger partial charge >= 0.3 is 0 Å². The normalized spacial score (nSPS) is 12.5. The number of methoxy groups -OCH3 is 1. The summed E-state index contributed by atoms with van der Waals surface area (Å²) >= 11 is 0. The second-order valence-electron chi connectivity index (χ2n) is 4.34. The average molecular weight is 237 g/mol. The van der Waals surface area contributed by atoms with E-state index in [9.17, 15) is 0 Å². The molecule has 0 bridgehead atoms. The van der Waals surface area contributed by atoms with E-state index in [4.69, 9.17) is 10.5 Å². The molecule has 0 spiro atoms. The van der Waals surface area contributed by atoms with Crippen LogP contribution in [0.4, 0.5) is 11.5 Å². The molecule has 0 radical (unpaired) electrons. The van der Waals surface area contributed by atoms with Crippen LogP contribution < -0.4 is 10.6 Å². The molecule has 4 heteroatoms. The first-order valence-corrected chi connectivity index (χ1v) is 6.07. The number of nitrogens with zero attached hydrogens (tertiary/aromatic N) is 2. The number of hydrogen-bond acceptors (Lipinski definition) is 4. The van der Waals surface area contributed by atoms with Crippen molar-refractivity contribution in [1.82, 2.24) is 4.98 Å². The number of ether oxygens (including phenoxy) is 1. The fourth-order valence-corrected chi connectivity index (χ4v) is 1.68. The lowest BCUT2D eigenvalue weighted by atomic mass is 10.2. The first-order valence-electron chi connectivity index (χ1n) is 6.07. The Labute approximate surface area is 104 Å². The molecule has 1 aromatic rings. The zero-order chi connectivity index (χ0) is 12.8. The molecule has 0 aliphatic carbocycles. The Hall–Kier alpha value is -1.29. The van der Waals surface area contributed by atoms with Gasteiger partial charge < -0.3 is 15.4 Å². The van der Waals surface area contributed by atoms with Crippen molar-refractivity contribution in [1.29, 1.82) is 0 Å². The highest BCUT2D eigenvalue weighted by molar-refractivity contribution is 5.52. The molecule has 4 nitrogen and oxygen atoms in total. The molecule has 1 rings (SSSR count). The van der Waals surface area contributed by atoms with E-state index in [2.05, 4.69) is 23.7 Å². The SMILES string of the molecule is CCC(C)N(CCOC)c1cc(C)c(N)cn1. The summed E-state index contributed by atoms with van der Waals surface area (Å²) in [5.74, 6) is 0.975. The molecule has 0 amide bonds. The summed E-state index contributed by atoms with van der Waals surface area (Å²) in [6.45, 7) is 7.93. The molecular weight excluding hydrogens is 214 g/mol. The van der Waals surface area contributed by atoms with E-state index in [0.29, 0.717) is 12.6 Å². The Morgan fingerprint density at radius 3 is 2.76 bits per heavy atom. The molecule has 1 atom stereocenters. The number of pyridine rings is 1. The van der Waals surface area contributed by atoms with Crippen molar-refractivity contribution < 1.29 is 4.74 Å². The maximum Gasteiger partial charge on any atom is 0.129 e. The number of aromatic nitrogens is 1. The number of nitrogens with two attached hydrogens (primary N) is 1. The number of anilines is 2. The Kier molecular flexibility index (Phi) is 5.22. The fraction of sp³-hybridized carbons (Fsp3) is 0.615. The van der Waals surface area contributed by atoms with Gasteiger partial charge in [0.1, 0.15) is 5.82 Å². The molecule has 0 saturated carbocycles. The van der Waals surface area contributed by atoms with Crippen molar-refractivity contribution in [2.75, 3.05) is 30.9 Å². The minimum Gasteiger partial charge on any atom is -0.397 e. The summed E-state index contributed by atoms with van der Waals surface area (Å²) in [5, 5.41) is 0. The zero-order valence-corrected chi connectivity index (χ0v) is 11.2. The van der Waals surface area contributed by atoms with E-state index in [1.54, 1.807) is 13.3 Å². The minimum absolute atomic E-state index is 0.445. The van der Waals surface area contributed by atoms with Gasteiger partial charge in [-0.15, -0.1) is 0 Å². The highest BCUT2D eigenvalue weighted by atomic mass is 16.5. The van der Waals surface area contributed by atoms with Gasteiger partial charge in [0.15, 0.2) is 0 Å². The van der Waals surface area contributed by atoms with Gasteiger partial charge in [-0.2, -0.15) is 0 Å². The highest BCUT2D eigenvalue weighted by Crippen LogP contribution is 2.20. The van der Waals surface area contributed by atoms with Crippen molar-refractivity contribution in [3.8, 4) is 0 Å². The maximum atomic E-state index is 5.79. The van der Waals surface area contributed by atoms with Gasteiger partial charge in [-0.05, 0) is 31.9 Å². The zero-order valence-electron chi connectivity index (χ0n) is 11.2. The molecule has 96 valence electrons. The quantitative estimate of drug-likeness (QED) is 0.824. The van der Waals surface area contributed by atoms with Crippen molar-refractivity contribution in [3.63, 3.8) is 0 Å². The molecule has 17 heavy (non-hydrogen) atoms. The third-order valence-corrected chi connectivity index (χ3v) is 3.09. The lowest BCUT2D eigenvalue weighted by Gasteiger charge is -2.29. The van der Waals surface area contributed by atoms with E-state index in [0.717, 1.165) is 30.0 Å². The molecule has 0 fully saturated rings. The van der Waals surface area contributed by atoms with Gasteiger partial charge in [-0.1, -0.05) is 6.92 Å². The van der Waals surface area contributed by atoms with E-state index >= 15 is 0 Å². The molecule has 2 N–H and O–H groups in total. The summed E-state index contributed by atoms with van der Waals surface area (Å²) in [4.78, 5) is 6.67. The van der Waals surface area contributed by atoms with Gasteiger partial charge in [-0.25, -0.2) is 4.98 Å². The molecular formula is C13H23N3O. The molecule has 0 saturated heterocycles. The van der Waals surface area contributed by atoms with Crippen LogP contribution in [0.25, 0.3) is 0 Å². The second kappa shape index (κ2) is 6.45. The number of hydrogen-bond donors (Lipinski definition) is 1. The summed E-state index contributed by atoms with van der Waals surface area (Å²) in [6, 6.07) is 2.48. The standard InChI is InChI=1S/C13H23N3O/c1-5-11(3)16(6-7-17-4)13-8-10(2)12(14)9-15-13/h8-9,11H,5-7,14H2,1-4H3. The molecule has 0 aliphatic heterocycles. The summed E-state index contributed by atoms with van der Waals surface area (Å²) in [6.07, 6.45) is 2.81. The molecule has 1 aromatic heterocycles. The maximum absolute atomic E-state index is 5.79. The molecule has 1 unspecified atom stereocenters. The van der Waals surface area contributed by atoms with Gasteiger partial charge in [-0.3, -0.25) is 0 Å². The third-order valence-electron chi connectivity index (χ3n) is 3.09. The van der Waals surface area contributed by atoms with E-state index in [1.807, 2.05) is 13.0 Å². The first kappa shape index (κ1) is 13.8. The summed E-state index contributed by atoms with van der Waals surface area (Å²) < 4.78 is 5.15. The Bertz CT molecular complexity index is 355. The van der Waals surface area contributed by atoms with Gasteiger partial charge in [0.2, 0.25) is 0 Å². The van der Waals surface area contributed by atoms with Crippen LogP contribution in [0.3, 0.4) is 0 Å². The van der Waals surface area contributed by atoms with Crippen molar-refractivity contribution in [3.05, 3.63) is 17.8 Å². The van der Waals surface area contributed by atoms with E-state index < -0.39 is 0 Å². The van der Waals surface area contributed by atoms with Crippen LogP contribution in [-0.2, 0) is 4.74 Å². The second-order valence-corrected chi connectivity index (χ2v) is 4.34. The van der Waals surface area contributed by atoms with Gasteiger partial charge in [0, 0.05) is 19.7 Å². The van der Waals surface area contributed by atoms with Crippen LogP contribution in [0.1, 0.15) is 25.8 Å². The van der Waals surface area contributed by atoms with Gasteiger partial charge in [0.05, 0.1) is 18.5 Å². The Morgan fingerprint density at radius 2 is 2.24 bits per heavy atom. The van der Waals surface area contributed by atoms with Crippen LogP contribution >= 0.6 is 0 Å². The first-order chi connectivity index (χ1) is 8.10. The summed E-state index contributed by atoms with van der Waals surface area (Å²) in [5.41, 5.74) is 7.60. The van der Waals surface area contributed by atoms with Crippen molar-refractivity contribution in [2.24, 2.45) is 0 Å². The van der Waals surface area contributed by atoms with Crippen LogP contribution in [0.2, 0.25) is 0 Å². The molecule has 0 aliphatic rings. The van der Waals surface area contributed by atoms with Crippen LogP contribution in [0.5, 0.6) is 0 Å². The number of aryl methyl sites for hydroxylation is 1. The van der Waals surface area contributed by atoms with E-state index in [-0.39, 0.29) is 0 Å². The largest absolute Gasteiger partial charge is 0.397 e. The van der Waals surface area contributed by atoms with Crippen molar-refractivity contribution in [2.45, 2.75) is 33.2 Å². The average Bonchev–Trinajstić information content (AvgIpc) is 2.33. The van der Waals surface area contributed by atoms with Crippen LogP contribution in [0, 0.1) is 6.92 Å². The van der Waals surface area contributed by atoms with E-state index in [1.165, 1.54) is 0 Å². The Balaban J connectivity index is 2.91. The fourth-order valence-electron chi connectivity index (χ4n) is 1.68. The lowest BCUT2D eigenvalue weighted by Crippen LogP contribution is -2.36. The Morgan fingerprint density at radius 1 is 1.53 bits per heavy atom. The highest BCUT2D eigenvalue weighted by Gasteiger charge is 2.14.